The summed E-state index contributed by atoms with van der Waals surface area (Å²) in [6, 6.07) is 28.9. The van der Waals surface area contributed by atoms with E-state index in [2.05, 4.69) is 0 Å². The molecule has 1 atom stereocenters. The summed E-state index contributed by atoms with van der Waals surface area (Å²) in [6.07, 6.45) is 0.408. The molecular formula is C27H26N2O4. The smallest absolute Gasteiger partial charge is 0.415 e. The van der Waals surface area contributed by atoms with Gasteiger partial charge in [0.15, 0.2) is 0 Å². The number of piperazine rings is 1. The van der Waals surface area contributed by atoms with Crippen molar-refractivity contribution in [1.82, 2.24) is 9.80 Å². The van der Waals surface area contributed by atoms with E-state index in [1.165, 1.54) is 0 Å². The van der Waals surface area contributed by atoms with Gasteiger partial charge in [0.25, 0.3) is 0 Å². The molecule has 0 aromatic heterocycles. The van der Waals surface area contributed by atoms with Crippen LogP contribution in [0.3, 0.4) is 0 Å². The SMILES string of the molecule is O=C(Oc1ccccc1)N1CCN2C(=O)OC(Cc3ccccc3)(Cc3ccccc3)C2C1. The van der Waals surface area contributed by atoms with Crippen molar-refractivity contribution in [3.8, 4) is 5.75 Å². The Labute approximate surface area is 193 Å². The van der Waals surface area contributed by atoms with Crippen LogP contribution in [0.15, 0.2) is 91.0 Å². The third kappa shape index (κ3) is 4.42. The number of hydrogen-bond donors (Lipinski definition) is 0. The lowest BCUT2D eigenvalue weighted by molar-refractivity contribution is 0.0170. The second-order valence-corrected chi connectivity index (χ2v) is 8.59. The summed E-state index contributed by atoms with van der Waals surface area (Å²) in [6.45, 7) is 1.18. The van der Waals surface area contributed by atoms with Crippen molar-refractivity contribution in [2.45, 2.75) is 24.5 Å². The minimum absolute atomic E-state index is 0.275. The van der Waals surface area contributed by atoms with Gasteiger partial charge in [-0.2, -0.15) is 0 Å². The number of benzene rings is 3. The second-order valence-electron chi connectivity index (χ2n) is 8.59. The number of amides is 2. The molecule has 2 amide bonds. The Morgan fingerprint density at radius 3 is 1.97 bits per heavy atom. The van der Waals surface area contributed by atoms with Crippen molar-refractivity contribution < 1.29 is 19.1 Å². The van der Waals surface area contributed by atoms with Crippen LogP contribution >= 0.6 is 0 Å². The highest BCUT2D eigenvalue weighted by molar-refractivity contribution is 5.74. The number of cyclic esters (lactones) is 1. The van der Waals surface area contributed by atoms with E-state index in [0.717, 1.165) is 11.1 Å². The minimum Gasteiger partial charge on any atom is -0.440 e. The zero-order valence-corrected chi connectivity index (χ0v) is 18.3. The van der Waals surface area contributed by atoms with Gasteiger partial charge in [-0.25, -0.2) is 9.59 Å². The monoisotopic (exact) mass is 442 g/mol. The molecule has 168 valence electrons. The minimum atomic E-state index is -0.786. The van der Waals surface area contributed by atoms with Crippen molar-refractivity contribution in [1.29, 1.82) is 0 Å². The number of carbonyl (C=O) groups excluding carboxylic acids is 2. The van der Waals surface area contributed by atoms with E-state index in [1.54, 1.807) is 21.9 Å². The van der Waals surface area contributed by atoms with Crippen molar-refractivity contribution >= 4 is 12.2 Å². The van der Waals surface area contributed by atoms with Gasteiger partial charge in [-0.3, -0.25) is 4.90 Å². The summed E-state index contributed by atoms with van der Waals surface area (Å²) in [5.74, 6) is 0.503. The Balaban J connectivity index is 1.43. The summed E-state index contributed by atoms with van der Waals surface area (Å²) in [7, 11) is 0. The van der Waals surface area contributed by atoms with Crippen LogP contribution in [0, 0.1) is 0 Å². The fourth-order valence-corrected chi connectivity index (χ4v) is 4.83. The van der Waals surface area contributed by atoms with Crippen molar-refractivity contribution in [3.63, 3.8) is 0 Å². The topological polar surface area (TPSA) is 59.1 Å². The Morgan fingerprint density at radius 1 is 0.848 bits per heavy atom. The van der Waals surface area contributed by atoms with Crippen molar-refractivity contribution in [3.05, 3.63) is 102 Å². The van der Waals surface area contributed by atoms with Crippen molar-refractivity contribution in [2.75, 3.05) is 19.6 Å². The molecule has 2 aliphatic heterocycles. The van der Waals surface area contributed by atoms with E-state index in [-0.39, 0.29) is 12.1 Å². The molecule has 0 aliphatic carbocycles. The van der Waals surface area contributed by atoms with E-state index in [0.29, 0.717) is 38.2 Å². The summed E-state index contributed by atoms with van der Waals surface area (Å²) < 4.78 is 11.7. The molecule has 6 heteroatoms. The van der Waals surface area contributed by atoms with Crippen LogP contribution < -0.4 is 4.74 Å². The Hall–Kier alpha value is -3.80. The predicted molar refractivity (Wildman–Crippen MR) is 124 cm³/mol. The normalized spacial score (nSPS) is 19.0. The summed E-state index contributed by atoms with van der Waals surface area (Å²) >= 11 is 0. The molecule has 5 rings (SSSR count). The molecule has 0 bridgehead atoms. The quantitative estimate of drug-likeness (QED) is 0.582. The average molecular weight is 443 g/mol. The van der Waals surface area contributed by atoms with E-state index in [4.69, 9.17) is 9.47 Å². The number of para-hydroxylation sites is 1. The summed E-state index contributed by atoms with van der Waals surface area (Å²) in [5.41, 5.74) is 1.39. The molecule has 3 aromatic rings. The van der Waals surface area contributed by atoms with E-state index >= 15 is 0 Å². The molecule has 2 heterocycles. The van der Waals surface area contributed by atoms with Gasteiger partial charge in [-0.1, -0.05) is 78.9 Å². The molecule has 2 saturated heterocycles. The maximum Gasteiger partial charge on any atom is 0.415 e. The third-order valence-corrected chi connectivity index (χ3v) is 6.41. The van der Waals surface area contributed by atoms with Crippen LogP contribution in [0.5, 0.6) is 5.75 Å². The lowest BCUT2D eigenvalue weighted by Crippen LogP contribution is -2.60. The highest BCUT2D eigenvalue weighted by Crippen LogP contribution is 2.38. The van der Waals surface area contributed by atoms with E-state index in [9.17, 15) is 9.59 Å². The van der Waals surface area contributed by atoms with E-state index in [1.807, 2.05) is 78.9 Å². The molecule has 0 N–H and O–H groups in total. The zero-order valence-electron chi connectivity index (χ0n) is 18.3. The molecule has 2 aliphatic rings. The molecule has 33 heavy (non-hydrogen) atoms. The van der Waals surface area contributed by atoms with Gasteiger partial charge >= 0.3 is 12.2 Å². The van der Waals surface area contributed by atoms with Gasteiger partial charge < -0.3 is 14.4 Å². The summed E-state index contributed by atoms with van der Waals surface area (Å²) in [5, 5.41) is 0. The van der Waals surface area contributed by atoms with Crippen LogP contribution in [0.2, 0.25) is 0 Å². The highest BCUT2D eigenvalue weighted by atomic mass is 16.6. The fraction of sp³-hybridized carbons (Fsp3) is 0.259. The van der Waals surface area contributed by atoms with Gasteiger partial charge in [0.2, 0.25) is 0 Å². The van der Waals surface area contributed by atoms with Crippen LogP contribution in [0.25, 0.3) is 0 Å². The van der Waals surface area contributed by atoms with Gasteiger partial charge in [-0.15, -0.1) is 0 Å². The van der Waals surface area contributed by atoms with E-state index < -0.39 is 11.7 Å². The molecule has 0 saturated carbocycles. The van der Waals surface area contributed by atoms with Crippen molar-refractivity contribution in [2.24, 2.45) is 0 Å². The lowest BCUT2D eigenvalue weighted by Gasteiger charge is -2.41. The maximum atomic E-state index is 12.9. The Morgan fingerprint density at radius 2 is 1.39 bits per heavy atom. The number of nitrogens with zero attached hydrogens (tertiary/aromatic N) is 2. The number of ether oxygens (including phenoxy) is 2. The third-order valence-electron chi connectivity index (χ3n) is 6.41. The maximum absolute atomic E-state index is 12.9. The Bertz CT molecular complexity index is 1060. The molecule has 0 spiro atoms. The first-order valence-electron chi connectivity index (χ1n) is 11.2. The van der Waals surface area contributed by atoms with Crippen LogP contribution in [0.4, 0.5) is 9.59 Å². The number of rotatable bonds is 5. The number of hydrogen-bond acceptors (Lipinski definition) is 4. The average Bonchev–Trinajstić information content (AvgIpc) is 3.11. The molecule has 0 radical (unpaired) electrons. The molecule has 6 nitrogen and oxygen atoms in total. The summed E-state index contributed by atoms with van der Waals surface area (Å²) in [4.78, 5) is 29.3. The van der Waals surface area contributed by atoms with Crippen LogP contribution in [0.1, 0.15) is 11.1 Å². The molecule has 1 unspecified atom stereocenters. The number of fused-ring (bicyclic) bond motifs is 1. The van der Waals surface area contributed by atoms with Gasteiger partial charge in [0, 0.05) is 32.5 Å². The zero-order chi connectivity index (χ0) is 22.7. The lowest BCUT2D eigenvalue weighted by atomic mass is 9.81. The highest BCUT2D eigenvalue weighted by Gasteiger charge is 2.56. The first kappa shape index (κ1) is 21.1. The fourth-order valence-electron chi connectivity index (χ4n) is 4.83. The first-order chi connectivity index (χ1) is 16.1. The molecule has 2 fully saturated rings. The van der Waals surface area contributed by atoms with Gasteiger partial charge in [0.1, 0.15) is 11.4 Å². The van der Waals surface area contributed by atoms with Crippen LogP contribution in [-0.4, -0.2) is 53.3 Å². The largest absolute Gasteiger partial charge is 0.440 e. The second kappa shape index (κ2) is 8.98. The standard InChI is InChI=1S/C27H26N2O4/c30-25(32-23-14-8-3-9-15-23)28-16-17-29-24(20-28)27(33-26(29)31,18-21-10-4-1-5-11-21)19-22-12-6-2-7-13-22/h1-15,24H,16-20H2. The van der Waals surface area contributed by atoms with Gasteiger partial charge in [0.05, 0.1) is 6.04 Å². The molecular weight excluding hydrogens is 416 g/mol. The molecule has 3 aromatic carbocycles. The number of carbonyl (C=O) groups is 2. The Kier molecular flexibility index (Phi) is 5.73. The van der Waals surface area contributed by atoms with Gasteiger partial charge in [-0.05, 0) is 23.3 Å². The predicted octanol–water partition coefficient (Wildman–Crippen LogP) is 4.55. The first-order valence-corrected chi connectivity index (χ1v) is 11.2. The van der Waals surface area contributed by atoms with Crippen LogP contribution in [-0.2, 0) is 17.6 Å².